The number of amides is 1. The molecule has 0 spiro atoms. The number of phenols is 1. The molecule has 0 aromatic heterocycles. The van der Waals surface area contributed by atoms with Crippen molar-refractivity contribution in [1.82, 2.24) is 5.32 Å². The molecule has 0 atom stereocenters. The van der Waals surface area contributed by atoms with E-state index < -0.39 is 5.91 Å². The van der Waals surface area contributed by atoms with Crippen molar-refractivity contribution < 1.29 is 9.90 Å². The summed E-state index contributed by atoms with van der Waals surface area (Å²) in [5.41, 5.74) is 2.10. The van der Waals surface area contributed by atoms with Gasteiger partial charge in [-0.2, -0.15) is 5.26 Å². The molecule has 0 heterocycles. The van der Waals surface area contributed by atoms with Gasteiger partial charge < -0.3 is 10.4 Å². The maximum atomic E-state index is 12.3. The minimum absolute atomic E-state index is 0.0124. The number of carbonyl (C=O) groups excluding carboxylic acids is 1. The third-order valence-electron chi connectivity index (χ3n) is 3.87. The highest BCUT2D eigenvalue weighted by molar-refractivity contribution is 9.10. The molecule has 0 aliphatic carbocycles. The van der Waals surface area contributed by atoms with E-state index in [4.69, 9.17) is 0 Å². The summed E-state index contributed by atoms with van der Waals surface area (Å²) >= 11 is 3.34. The molecule has 2 rings (SSSR count). The molecule has 0 unspecified atom stereocenters. The van der Waals surface area contributed by atoms with Crippen LogP contribution in [0.5, 0.6) is 5.75 Å². The van der Waals surface area contributed by atoms with E-state index in [-0.39, 0.29) is 16.7 Å². The number of carbonyl (C=O) groups is 1. The number of nitriles is 1. The van der Waals surface area contributed by atoms with Crippen LogP contribution in [0.15, 0.2) is 52.5 Å². The molecule has 0 saturated heterocycles. The van der Waals surface area contributed by atoms with Crippen molar-refractivity contribution >= 4 is 27.9 Å². The summed E-state index contributed by atoms with van der Waals surface area (Å²) in [6.07, 6.45) is 1.53. The summed E-state index contributed by atoms with van der Waals surface area (Å²) in [7, 11) is 0. The molecule has 0 radical (unpaired) electrons. The summed E-state index contributed by atoms with van der Waals surface area (Å²) in [5.74, 6) is -0.264. The van der Waals surface area contributed by atoms with Crippen molar-refractivity contribution in [3.05, 3.63) is 69.2 Å². The van der Waals surface area contributed by atoms with Gasteiger partial charge in [0.15, 0.2) is 0 Å². The fourth-order valence-corrected chi connectivity index (χ4v) is 2.94. The van der Waals surface area contributed by atoms with Crippen molar-refractivity contribution in [3.8, 4) is 11.8 Å². The van der Waals surface area contributed by atoms with Crippen LogP contribution in [0.4, 0.5) is 0 Å². The van der Waals surface area contributed by atoms with E-state index in [1.165, 1.54) is 6.08 Å². The SMILES string of the molecule is CC(C)(C)c1cc(/C=C(\C#N)C(=O)NCc2ccccc2)cc(Br)c1O. The Bertz CT molecular complexity index is 875. The molecular weight excluding hydrogens is 392 g/mol. The number of hydrogen-bond acceptors (Lipinski definition) is 3. The highest BCUT2D eigenvalue weighted by Gasteiger charge is 2.21. The number of nitrogens with one attached hydrogen (secondary N) is 1. The highest BCUT2D eigenvalue weighted by Crippen LogP contribution is 2.37. The van der Waals surface area contributed by atoms with Crippen molar-refractivity contribution in [2.45, 2.75) is 32.7 Å². The second kappa shape index (κ2) is 8.20. The number of nitrogens with zero attached hydrogens (tertiary/aromatic N) is 1. The van der Waals surface area contributed by atoms with Gasteiger partial charge in [-0.15, -0.1) is 0 Å². The van der Waals surface area contributed by atoms with E-state index in [2.05, 4.69) is 21.2 Å². The Kier molecular flexibility index (Phi) is 6.23. The Labute approximate surface area is 162 Å². The van der Waals surface area contributed by atoms with E-state index in [1.807, 2.05) is 57.2 Å². The van der Waals surface area contributed by atoms with E-state index >= 15 is 0 Å². The van der Waals surface area contributed by atoms with Gasteiger partial charge in [0, 0.05) is 12.1 Å². The zero-order valence-electron chi connectivity index (χ0n) is 15.0. The van der Waals surface area contributed by atoms with E-state index in [1.54, 1.807) is 12.1 Å². The van der Waals surface area contributed by atoms with E-state index in [9.17, 15) is 15.2 Å². The fraction of sp³-hybridized carbons (Fsp3) is 0.238. The van der Waals surface area contributed by atoms with Crippen LogP contribution in [0.25, 0.3) is 6.08 Å². The van der Waals surface area contributed by atoms with Gasteiger partial charge in [-0.1, -0.05) is 51.1 Å². The van der Waals surface area contributed by atoms with Crippen LogP contribution in [0.1, 0.15) is 37.5 Å². The molecule has 1 amide bonds. The zero-order chi connectivity index (χ0) is 19.3. The van der Waals surface area contributed by atoms with E-state index in [0.29, 0.717) is 16.6 Å². The van der Waals surface area contributed by atoms with Gasteiger partial charge in [0.1, 0.15) is 17.4 Å². The molecule has 134 valence electrons. The summed E-state index contributed by atoms with van der Waals surface area (Å²) in [5, 5.41) is 22.4. The third kappa shape index (κ3) is 4.96. The van der Waals surface area contributed by atoms with Crippen LogP contribution in [-0.2, 0) is 16.8 Å². The lowest BCUT2D eigenvalue weighted by molar-refractivity contribution is -0.117. The Hall–Kier alpha value is -2.58. The van der Waals surface area contributed by atoms with Crippen molar-refractivity contribution in [2.75, 3.05) is 0 Å². The monoisotopic (exact) mass is 412 g/mol. The van der Waals surface area contributed by atoms with Gasteiger partial charge in [0.05, 0.1) is 4.47 Å². The molecule has 26 heavy (non-hydrogen) atoms. The summed E-state index contributed by atoms with van der Waals surface area (Å²) < 4.78 is 0.526. The normalized spacial score (nSPS) is 11.7. The van der Waals surface area contributed by atoms with Crippen LogP contribution in [-0.4, -0.2) is 11.0 Å². The molecule has 5 heteroatoms. The molecule has 2 N–H and O–H groups in total. The fourth-order valence-electron chi connectivity index (χ4n) is 2.46. The van der Waals surface area contributed by atoms with Gasteiger partial charge in [-0.05, 0) is 50.7 Å². The Morgan fingerprint density at radius 2 is 1.92 bits per heavy atom. The molecule has 0 aliphatic heterocycles. The summed E-state index contributed by atoms with van der Waals surface area (Å²) in [4.78, 5) is 12.3. The first-order chi connectivity index (χ1) is 12.2. The lowest BCUT2D eigenvalue weighted by atomic mass is 9.85. The minimum atomic E-state index is -0.433. The Morgan fingerprint density at radius 3 is 2.50 bits per heavy atom. The standard InChI is InChI=1S/C21H21BrN2O2/c1-21(2,3)17-10-15(11-18(22)19(17)25)9-16(12-23)20(26)24-13-14-7-5-4-6-8-14/h4-11,25H,13H2,1-3H3,(H,24,26)/b16-9+. The van der Waals surface area contributed by atoms with Gasteiger partial charge in [0.2, 0.25) is 0 Å². The first-order valence-electron chi connectivity index (χ1n) is 8.19. The second-order valence-electron chi connectivity index (χ2n) is 6.99. The van der Waals surface area contributed by atoms with Crippen LogP contribution in [0, 0.1) is 11.3 Å². The topological polar surface area (TPSA) is 73.1 Å². The van der Waals surface area contributed by atoms with Crippen LogP contribution in [0.3, 0.4) is 0 Å². The molecular formula is C21H21BrN2O2. The van der Waals surface area contributed by atoms with Crippen LogP contribution in [0.2, 0.25) is 0 Å². The number of hydrogen-bond donors (Lipinski definition) is 2. The predicted molar refractivity (Wildman–Crippen MR) is 106 cm³/mol. The molecule has 0 bridgehead atoms. The average Bonchev–Trinajstić information content (AvgIpc) is 2.60. The smallest absolute Gasteiger partial charge is 0.262 e. The maximum Gasteiger partial charge on any atom is 0.262 e. The molecule has 2 aromatic rings. The van der Waals surface area contributed by atoms with Gasteiger partial charge >= 0.3 is 0 Å². The molecule has 0 aliphatic rings. The number of halogens is 1. The lowest BCUT2D eigenvalue weighted by Gasteiger charge is -2.21. The largest absolute Gasteiger partial charge is 0.506 e. The van der Waals surface area contributed by atoms with Crippen LogP contribution < -0.4 is 5.32 Å². The first-order valence-corrected chi connectivity index (χ1v) is 8.98. The minimum Gasteiger partial charge on any atom is -0.506 e. The Morgan fingerprint density at radius 1 is 1.27 bits per heavy atom. The van der Waals surface area contributed by atoms with Crippen molar-refractivity contribution in [2.24, 2.45) is 0 Å². The van der Waals surface area contributed by atoms with E-state index in [0.717, 1.165) is 11.1 Å². The number of phenolic OH excluding ortho intramolecular Hbond substituents is 1. The van der Waals surface area contributed by atoms with Gasteiger partial charge in [-0.25, -0.2) is 0 Å². The third-order valence-corrected chi connectivity index (χ3v) is 4.47. The van der Waals surface area contributed by atoms with Crippen molar-refractivity contribution in [1.29, 1.82) is 5.26 Å². The number of benzene rings is 2. The van der Waals surface area contributed by atoms with Crippen molar-refractivity contribution in [3.63, 3.8) is 0 Å². The quantitative estimate of drug-likeness (QED) is 0.565. The predicted octanol–water partition coefficient (Wildman–Crippen LogP) is 4.68. The number of aromatic hydroxyl groups is 1. The summed E-state index contributed by atoms with van der Waals surface area (Å²) in [6.45, 7) is 6.31. The zero-order valence-corrected chi connectivity index (χ0v) is 16.6. The maximum absolute atomic E-state index is 12.3. The first kappa shape index (κ1) is 19.7. The number of rotatable bonds is 4. The van der Waals surface area contributed by atoms with Gasteiger partial charge in [-0.3, -0.25) is 4.79 Å². The molecule has 2 aromatic carbocycles. The Balaban J connectivity index is 2.27. The summed E-state index contributed by atoms with van der Waals surface area (Å²) in [6, 6.07) is 14.9. The molecule has 0 fully saturated rings. The molecule has 0 saturated carbocycles. The molecule has 4 nitrogen and oxygen atoms in total. The highest BCUT2D eigenvalue weighted by atomic mass is 79.9. The second-order valence-corrected chi connectivity index (χ2v) is 7.84. The van der Waals surface area contributed by atoms with Gasteiger partial charge in [0.25, 0.3) is 5.91 Å². The van der Waals surface area contributed by atoms with Crippen LogP contribution >= 0.6 is 15.9 Å². The lowest BCUT2D eigenvalue weighted by Crippen LogP contribution is -2.23. The average molecular weight is 413 g/mol.